The number of benzene rings is 1. The van der Waals surface area contributed by atoms with Gasteiger partial charge in [-0.2, -0.15) is 0 Å². The lowest BCUT2D eigenvalue weighted by Crippen LogP contribution is -2.45. The first-order valence-corrected chi connectivity index (χ1v) is 10.2. The van der Waals surface area contributed by atoms with Crippen LogP contribution in [0.25, 0.3) is 0 Å². The molecule has 1 N–H and O–H groups in total. The number of halogens is 1. The molecule has 1 fully saturated rings. The second-order valence-corrected chi connectivity index (χ2v) is 12.0. The second kappa shape index (κ2) is 4.70. The molecule has 0 spiro atoms. The Bertz CT molecular complexity index is 553. The van der Waals surface area contributed by atoms with E-state index in [0.717, 1.165) is 0 Å². The SMILES string of the molecule is CC1(c2ccc(F)cc2)NC(=O)N(C[Si](C)(C)C)C1=O. The normalized spacial score (nSPS) is 23.1. The van der Waals surface area contributed by atoms with Crippen LogP contribution in [0.3, 0.4) is 0 Å². The van der Waals surface area contributed by atoms with Gasteiger partial charge >= 0.3 is 6.03 Å². The Morgan fingerprint density at radius 3 is 2.25 bits per heavy atom. The van der Waals surface area contributed by atoms with Gasteiger partial charge < -0.3 is 5.32 Å². The molecular weight excluding hydrogens is 275 g/mol. The van der Waals surface area contributed by atoms with E-state index in [1.807, 2.05) is 0 Å². The van der Waals surface area contributed by atoms with Crippen molar-refractivity contribution in [3.63, 3.8) is 0 Å². The van der Waals surface area contributed by atoms with Crippen molar-refractivity contribution in [1.29, 1.82) is 0 Å². The second-order valence-electron chi connectivity index (χ2n) is 6.51. The molecule has 1 aromatic rings. The molecule has 0 aliphatic carbocycles. The van der Waals surface area contributed by atoms with Crippen LogP contribution >= 0.6 is 0 Å². The first kappa shape index (κ1) is 14.7. The summed E-state index contributed by atoms with van der Waals surface area (Å²) in [6.45, 7) is 7.95. The molecule has 4 nitrogen and oxygen atoms in total. The molecule has 0 aromatic heterocycles. The predicted octanol–water partition coefficient (Wildman–Crippen LogP) is 2.47. The molecular formula is C14H19FN2O2Si. The fourth-order valence-electron chi connectivity index (χ4n) is 2.29. The largest absolute Gasteiger partial charge is 0.325 e. The molecule has 1 aromatic carbocycles. The number of hydrogen-bond donors (Lipinski definition) is 1. The van der Waals surface area contributed by atoms with Crippen LogP contribution in [0.4, 0.5) is 9.18 Å². The van der Waals surface area contributed by atoms with Crippen molar-refractivity contribution in [2.24, 2.45) is 0 Å². The zero-order valence-electron chi connectivity index (χ0n) is 12.2. The number of hydrogen-bond acceptors (Lipinski definition) is 2. The Balaban J connectivity index is 2.33. The quantitative estimate of drug-likeness (QED) is 0.688. The number of carbonyl (C=O) groups excluding carboxylic acids is 2. The van der Waals surface area contributed by atoms with Crippen molar-refractivity contribution in [2.45, 2.75) is 32.1 Å². The summed E-state index contributed by atoms with van der Waals surface area (Å²) in [5, 5.41) is 2.73. The van der Waals surface area contributed by atoms with E-state index in [9.17, 15) is 14.0 Å². The molecule has 1 unspecified atom stereocenters. The number of rotatable bonds is 3. The van der Waals surface area contributed by atoms with Gasteiger partial charge in [0.1, 0.15) is 11.4 Å². The third-order valence-corrected chi connectivity index (χ3v) is 4.59. The van der Waals surface area contributed by atoms with E-state index in [2.05, 4.69) is 25.0 Å². The minimum absolute atomic E-state index is 0.267. The number of nitrogens with zero attached hydrogens (tertiary/aromatic N) is 1. The highest BCUT2D eigenvalue weighted by molar-refractivity contribution is 6.76. The van der Waals surface area contributed by atoms with Crippen molar-refractivity contribution in [3.8, 4) is 0 Å². The lowest BCUT2D eigenvalue weighted by molar-refractivity contribution is -0.130. The third kappa shape index (κ3) is 2.60. The molecule has 1 saturated heterocycles. The predicted molar refractivity (Wildman–Crippen MR) is 77.3 cm³/mol. The molecule has 1 aliphatic rings. The van der Waals surface area contributed by atoms with E-state index >= 15 is 0 Å². The van der Waals surface area contributed by atoms with E-state index in [-0.39, 0.29) is 17.8 Å². The number of amides is 3. The summed E-state index contributed by atoms with van der Waals surface area (Å²) >= 11 is 0. The molecule has 0 radical (unpaired) electrons. The molecule has 20 heavy (non-hydrogen) atoms. The Morgan fingerprint density at radius 2 is 1.75 bits per heavy atom. The topological polar surface area (TPSA) is 49.4 Å². The zero-order chi connectivity index (χ0) is 15.1. The molecule has 3 amide bonds. The van der Waals surface area contributed by atoms with Crippen molar-refractivity contribution in [1.82, 2.24) is 10.2 Å². The van der Waals surface area contributed by atoms with Crippen LogP contribution in [-0.4, -0.2) is 31.1 Å². The minimum Gasteiger partial charge on any atom is -0.319 e. The lowest BCUT2D eigenvalue weighted by atomic mass is 9.92. The Labute approximate surface area is 119 Å². The number of carbonyl (C=O) groups is 2. The summed E-state index contributed by atoms with van der Waals surface area (Å²) in [6, 6.07) is 5.28. The van der Waals surface area contributed by atoms with Crippen LogP contribution in [0.1, 0.15) is 12.5 Å². The Morgan fingerprint density at radius 1 is 1.20 bits per heavy atom. The van der Waals surface area contributed by atoms with Crippen LogP contribution < -0.4 is 5.32 Å². The van der Waals surface area contributed by atoms with E-state index in [0.29, 0.717) is 11.7 Å². The summed E-state index contributed by atoms with van der Waals surface area (Å²) in [5.41, 5.74) is -0.514. The standard InChI is InChI=1S/C14H19FN2O2Si/c1-14(10-5-7-11(15)8-6-10)12(18)17(13(19)16-14)9-20(2,3)4/h5-8H,9H2,1-4H3,(H,16,19). The molecule has 1 atom stereocenters. The van der Waals surface area contributed by atoms with E-state index < -0.39 is 13.6 Å². The van der Waals surface area contributed by atoms with Crippen molar-refractivity contribution in [3.05, 3.63) is 35.6 Å². The summed E-state index contributed by atoms with van der Waals surface area (Å²) in [6.07, 6.45) is 0.481. The van der Waals surface area contributed by atoms with E-state index in [1.165, 1.54) is 29.2 Å². The van der Waals surface area contributed by atoms with Gasteiger partial charge in [-0.1, -0.05) is 31.8 Å². The highest BCUT2D eigenvalue weighted by Gasteiger charge is 2.49. The van der Waals surface area contributed by atoms with E-state index in [1.54, 1.807) is 6.92 Å². The van der Waals surface area contributed by atoms with Crippen LogP contribution in [0.5, 0.6) is 0 Å². The molecule has 108 valence electrons. The zero-order valence-corrected chi connectivity index (χ0v) is 13.2. The average Bonchev–Trinajstić information content (AvgIpc) is 2.53. The fourth-order valence-corrected chi connectivity index (χ4v) is 3.53. The average molecular weight is 294 g/mol. The van der Waals surface area contributed by atoms with Gasteiger partial charge in [-0.05, 0) is 24.6 Å². The van der Waals surface area contributed by atoms with Crippen molar-refractivity contribution < 1.29 is 14.0 Å². The van der Waals surface area contributed by atoms with Gasteiger partial charge in [0.2, 0.25) is 0 Å². The van der Waals surface area contributed by atoms with Gasteiger partial charge in [0, 0.05) is 6.17 Å². The van der Waals surface area contributed by atoms with E-state index in [4.69, 9.17) is 0 Å². The highest BCUT2D eigenvalue weighted by Crippen LogP contribution is 2.29. The minimum atomic E-state index is -1.59. The smallest absolute Gasteiger partial charge is 0.319 e. The number of urea groups is 1. The number of nitrogens with one attached hydrogen (secondary N) is 1. The highest BCUT2D eigenvalue weighted by atomic mass is 28.3. The van der Waals surface area contributed by atoms with Crippen molar-refractivity contribution in [2.75, 3.05) is 6.17 Å². The van der Waals surface area contributed by atoms with Crippen LogP contribution in [0.2, 0.25) is 19.6 Å². The maximum atomic E-state index is 13.0. The Hall–Kier alpha value is -1.69. The van der Waals surface area contributed by atoms with Gasteiger partial charge in [-0.25, -0.2) is 9.18 Å². The maximum Gasteiger partial charge on any atom is 0.325 e. The molecule has 1 aliphatic heterocycles. The molecule has 2 rings (SSSR count). The monoisotopic (exact) mass is 294 g/mol. The van der Waals surface area contributed by atoms with Gasteiger partial charge in [0.15, 0.2) is 0 Å². The fraction of sp³-hybridized carbons (Fsp3) is 0.429. The Kier molecular flexibility index (Phi) is 3.45. The summed E-state index contributed by atoms with van der Waals surface area (Å²) < 4.78 is 13.0. The summed E-state index contributed by atoms with van der Waals surface area (Å²) in [5.74, 6) is -0.635. The molecule has 6 heteroatoms. The van der Waals surface area contributed by atoms with Gasteiger partial charge in [-0.3, -0.25) is 9.69 Å². The summed E-state index contributed by atoms with van der Waals surface area (Å²) in [7, 11) is -1.59. The van der Waals surface area contributed by atoms with Gasteiger partial charge in [-0.15, -0.1) is 0 Å². The van der Waals surface area contributed by atoms with Crippen LogP contribution in [-0.2, 0) is 10.3 Å². The van der Waals surface area contributed by atoms with Crippen molar-refractivity contribution >= 4 is 20.0 Å². The third-order valence-electron chi connectivity index (χ3n) is 3.33. The maximum absolute atomic E-state index is 13.0. The number of imide groups is 1. The first-order chi connectivity index (χ1) is 9.13. The van der Waals surface area contributed by atoms with Gasteiger partial charge in [0.05, 0.1) is 8.07 Å². The molecule has 1 heterocycles. The van der Waals surface area contributed by atoms with Gasteiger partial charge in [0.25, 0.3) is 5.91 Å². The molecule has 0 bridgehead atoms. The van der Waals surface area contributed by atoms with Crippen LogP contribution in [0, 0.1) is 5.82 Å². The first-order valence-electron chi connectivity index (χ1n) is 6.54. The lowest BCUT2D eigenvalue weighted by Gasteiger charge is -2.25. The molecule has 0 saturated carbocycles. The van der Waals surface area contributed by atoms with Crippen LogP contribution in [0.15, 0.2) is 24.3 Å². The summed E-state index contributed by atoms with van der Waals surface area (Å²) in [4.78, 5) is 25.9.